The van der Waals surface area contributed by atoms with Gasteiger partial charge in [0.05, 0.1) is 23.4 Å². The van der Waals surface area contributed by atoms with E-state index in [1.165, 1.54) is 42.6 Å². The van der Waals surface area contributed by atoms with E-state index >= 15 is 0 Å². The third-order valence-corrected chi connectivity index (χ3v) is 7.28. The van der Waals surface area contributed by atoms with E-state index in [1.807, 2.05) is 6.92 Å². The first-order valence-corrected chi connectivity index (χ1v) is 11.6. The van der Waals surface area contributed by atoms with Gasteiger partial charge in [0.2, 0.25) is 15.9 Å². The first-order chi connectivity index (χ1) is 14.7. The van der Waals surface area contributed by atoms with E-state index in [0.717, 1.165) is 19.3 Å². The zero-order valence-corrected chi connectivity index (χ0v) is 18.7. The highest BCUT2D eigenvalue weighted by Gasteiger charge is 2.30. The molecular weight excluding hydrogens is 418 g/mol. The van der Waals surface area contributed by atoms with Crippen molar-refractivity contribution < 1.29 is 22.7 Å². The molecule has 0 aliphatic carbocycles. The van der Waals surface area contributed by atoms with Gasteiger partial charge in [0, 0.05) is 31.1 Å². The van der Waals surface area contributed by atoms with Crippen molar-refractivity contribution in [1.29, 1.82) is 0 Å². The number of nitrogens with zero attached hydrogens (tertiary/aromatic N) is 1. The van der Waals surface area contributed by atoms with Gasteiger partial charge in [-0.15, -0.1) is 0 Å². The summed E-state index contributed by atoms with van der Waals surface area (Å²) < 4.78 is 32.6. The molecule has 9 heteroatoms. The van der Waals surface area contributed by atoms with Crippen LogP contribution in [0, 0.1) is 0 Å². The molecule has 0 bridgehead atoms. The second-order valence-electron chi connectivity index (χ2n) is 7.53. The molecule has 1 fully saturated rings. The quantitative estimate of drug-likeness (QED) is 0.708. The Hall–Kier alpha value is -2.91. The van der Waals surface area contributed by atoms with Crippen LogP contribution < -0.4 is 15.4 Å². The number of nitrogens with one attached hydrogen (secondary N) is 2. The van der Waals surface area contributed by atoms with E-state index in [4.69, 9.17) is 4.74 Å². The van der Waals surface area contributed by atoms with Gasteiger partial charge in [-0.25, -0.2) is 8.42 Å². The van der Waals surface area contributed by atoms with Crippen molar-refractivity contribution in [2.24, 2.45) is 0 Å². The van der Waals surface area contributed by atoms with Crippen molar-refractivity contribution >= 4 is 33.2 Å². The predicted octanol–water partition coefficient (Wildman–Crippen LogP) is 3.47. The van der Waals surface area contributed by atoms with Crippen LogP contribution in [0.2, 0.25) is 0 Å². The molecule has 0 spiro atoms. The Balaban J connectivity index is 1.80. The SMILES string of the molecule is COc1ccc(NC(C)=O)c(NC(=O)c2ccc(S(=O)(=O)N3CCCCC3C)cc2)c1. The van der Waals surface area contributed by atoms with Crippen LogP contribution in [-0.4, -0.2) is 44.2 Å². The number of piperidine rings is 1. The Bertz CT molecular complexity index is 1070. The number of methoxy groups -OCH3 is 1. The number of anilines is 2. The van der Waals surface area contributed by atoms with E-state index in [9.17, 15) is 18.0 Å². The van der Waals surface area contributed by atoms with Crippen molar-refractivity contribution in [3.63, 3.8) is 0 Å². The van der Waals surface area contributed by atoms with Crippen molar-refractivity contribution in [2.75, 3.05) is 24.3 Å². The molecule has 2 aromatic carbocycles. The minimum Gasteiger partial charge on any atom is -0.497 e. The van der Waals surface area contributed by atoms with Gasteiger partial charge in [0.25, 0.3) is 5.91 Å². The van der Waals surface area contributed by atoms with Crippen LogP contribution in [0.4, 0.5) is 11.4 Å². The van der Waals surface area contributed by atoms with E-state index in [2.05, 4.69) is 10.6 Å². The molecule has 0 saturated carbocycles. The summed E-state index contributed by atoms with van der Waals surface area (Å²) in [5.41, 5.74) is 1.10. The molecule has 3 rings (SSSR count). The Labute approximate surface area is 182 Å². The Morgan fingerprint density at radius 3 is 2.35 bits per heavy atom. The zero-order valence-electron chi connectivity index (χ0n) is 17.8. The third kappa shape index (κ3) is 5.23. The van der Waals surface area contributed by atoms with E-state index in [-0.39, 0.29) is 16.8 Å². The average Bonchev–Trinajstić information content (AvgIpc) is 2.75. The lowest BCUT2D eigenvalue weighted by molar-refractivity contribution is -0.114. The van der Waals surface area contributed by atoms with Gasteiger partial charge in [-0.05, 0) is 56.2 Å². The molecule has 2 aromatic rings. The molecule has 166 valence electrons. The largest absolute Gasteiger partial charge is 0.497 e. The number of benzene rings is 2. The van der Waals surface area contributed by atoms with Crippen LogP contribution in [0.5, 0.6) is 5.75 Å². The molecule has 1 saturated heterocycles. The maximum atomic E-state index is 13.0. The topological polar surface area (TPSA) is 105 Å². The summed E-state index contributed by atoms with van der Waals surface area (Å²) >= 11 is 0. The van der Waals surface area contributed by atoms with Crippen LogP contribution >= 0.6 is 0 Å². The van der Waals surface area contributed by atoms with Crippen molar-refractivity contribution in [3.05, 3.63) is 48.0 Å². The standard InChI is InChI=1S/C22H27N3O5S/c1-15-6-4-5-13-25(15)31(28,29)19-10-7-17(8-11-19)22(27)24-21-14-18(30-3)9-12-20(21)23-16(2)26/h7-12,14-15H,4-6,13H2,1-3H3,(H,23,26)(H,24,27). The monoisotopic (exact) mass is 445 g/mol. The van der Waals surface area contributed by atoms with E-state index < -0.39 is 15.9 Å². The Morgan fingerprint density at radius 2 is 1.74 bits per heavy atom. The summed E-state index contributed by atoms with van der Waals surface area (Å²) in [5, 5.41) is 5.40. The molecule has 0 aromatic heterocycles. The van der Waals surface area contributed by atoms with Crippen LogP contribution in [0.15, 0.2) is 47.4 Å². The highest BCUT2D eigenvalue weighted by atomic mass is 32.2. The molecule has 2 N–H and O–H groups in total. The second kappa shape index (κ2) is 9.49. The van der Waals surface area contributed by atoms with Crippen LogP contribution in [0.25, 0.3) is 0 Å². The smallest absolute Gasteiger partial charge is 0.255 e. The maximum Gasteiger partial charge on any atom is 0.255 e. The highest BCUT2D eigenvalue weighted by Crippen LogP contribution is 2.28. The van der Waals surface area contributed by atoms with E-state index in [0.29, 0.717) is 29.2 Å². The fourth-order valence-corrected chi connectivity index (χ4v) is 5.29. The molecule has 1 unspecified atom stereocenters. The summed E-state index contributed by atoms with van der Waals surface area (Å²) in [6.07, 6.45) is 2.72. The van der Waals surface area contributed by atoms with Crippen LogP contribution in [0.3, 0.4) is 0 Å². The lowest BCUT2D eigenvalue weighted by Crippen LogP contribution is -2.41. The molecular formula is C22H27N3O5S. The first kappa shape index (κ1) is 22.8. The van der Waals surface area contributed by atoms with Gasteiger partial charge in [-0.1, -0.05) is 6.42 Å². The van der Waals surface area contributed by atoms with Gasteiger partial charge in [0.1, 0.15) is 5.75 Å². The molecule has 1 aliphatic rings. The minimum atomic E-state index is -3.60. The molecule has 31 heavy (non-hydrogen) atoms. The summed E-state index contributed by atoms with van der Waals surface area (Å²) in [5.74, 6) is -0.196. The van der Waals surface area contributed by atoms with Crippen molar-refractivity contribution in [2.45, 2.75) is 44.0 Å². The average molecular weight is 446 g/mol. The van der Waals surface area contributed by atoms with Crippen molar-refractivity contribution in [1.82, 2.24) is 4.31 Å². The van der Waals surface area contributed by atoms with Crippen LogP contribution in [0.1, 0.15) is 43.5 Å². The van der Waals surface area contributed by atoms with Gasteiger partial charge >= 0.3 is 0 Å². The third-order valence-electron chi connectivity index (χ3n) is 5.25. The summed E-state index contributed by atoms with van der Waals surface area (Å²) in [6, 6.07) is 10.7. The first-order valence-electron chi connectivity index (χ1n) is 10.1. The molecule has 0 radical (unpaired) electrons. The lowest BCUT2D eigenvalue weighted by atomic mass is 10.1. The van der Waals surface area contributed by atoms with Gasteiger partial charge in [-0.3, -0.25) is 9.59 Å². The number of carbonyl (C=O) groups excluding carboxylic acids is 2. The normalized spacial score (nSPS) is 17.1. The van der Waals surface area contributed by atoms with Crippen molar-refractivity contribution in [3.8, 4) is 5.75 Å². The number of hydrogen-bond donors (Lipinski definition) is 2. The molecule has 1 heterocycles. The van der Waals surface area contributed by atoms with Gasteiger partial charge in [0.15, 0.2) is 0 Å². The van der Waals surface area contributed by atoms with Crippen LogP contribution in [-0.2, 0) is 14.8 Å². The number of amides is 2. The summed E-state index contributed by atoms with van der Waals surface area (Å²) in [4.78, 5) is 24.4. The predicted molar refractivity (Wildman–Crippen MR) is 119 cm³/mol. The molecule has 2 amide bonds. The Kier molecular flexibility index (Phi) is 6.97. The number of rotatable bonds is 6. The number of sulfonamides is 1. The second-order valence-corrected chi connectivity index (χ2v) is 9.42. The number of ether oxygens (including phenoxy) is 1. The lowest BCUT2D eigenvalue weighted by Gasteiger charge is -2.32. The fraction of sp³-hybridized carbons (Fsp3) is 0.364. The molecule has 8 nitrogen and oxygen atoms in total. The van der Waals surface area contributed by atoms with Gasteiger partial charge in [-0.2, -0.15) is 4.31 Å². The summed E-state index contributed by atoms with van der Waals surface area (Å²) in [7, 11) is -2.10. The fourth-order valence-electron chi connectivity index (χ4n) is 3.59. The number of hydrogen-bond acceptors (Lipinski definition) is 5. The van der Waals surface area contributed by atoms with Gasteiger partial charge < -0.3 is 15.4 Å². The minimum absolute atomic E-state index is 0.0398. The van der Waals surface area contributed by atoms with E-state index in [1.54, 1.807) is 18.2 Å². The molecule has 1 atom stereocenters. The summed E-state index contributed by atoms with van der Waals surface area (Å²) in [6.45, 7) is 3.80. The molecule has 1 aliphatic heterocycles. The zero-order chi connectivity index (χ0) is 22.6. The maximum absolute atomic E-state index is 13.0. The highest BCUT2D eigenvalue weighted by molar-refractivity contribution is 7.89. The Morgan fingerprint density at radius 1 is 1.03 bits per heavy atom. The number of carbonyl (C=O) groups is 2.